The van der Waals surface area contributed by atoms with Crippen LogP contribution in [0.15, 0.2) is 42.7 Å². The van der Waals surface area contributed by atoms with E-state index in [0.717, 1.165) is 22.9 Å². The molecule has 1 aromatic carbocycles. The van der Waals surface area contributed by atoms with Gasteiger partial charge in [0.05, 0.1) is 24.3 Å². The number of nitrogens with one attached hydrogen (secondary N) is 1. The highest BCUT2D eigenvalue weighted by Crippen LogP contribution is 2.20. The molecular weight excluding hydrogens is 372 g/mol. The summed E-state index contributed by atoms with van der Waals surface area (Å²) in [5.41, 5.74) is 3.09. The van der Waals surface area contributed by atoms with Crippen LogP contribution in [0, 0.1) is 0 Å². The SMILES string of the molecule is O=C(O)N[C@@H]1CCN(c2cnc3nnn(Cc4ccc5ncccc5c4)c3n2)C1. The van der Waals surface area contributed by atoms with E-state index in [4.69, 9.17) is 10.1 Å². The minimum Gasteiger partial charge on any atom is -0.465 e. The molecule has 2 N–H and O–H groups in total. The van der Waals surface area contributed by atoms with Crippen molar-refractivity contribution in [3.63, 3.8) is 0 Å². The van der Waals surface area contributed by atoms with Gasteiger partial charge in [0.25, 0.3) is 0 Å². The minimum atomic E-state index is -1.01. The van der Waals surface area contributed by atoms with Crippen molar-refractivity contribution >= 4 is 34.1 Å². The number of amides is 1. The third-order valence-corrected chi connectivity index (χ3v) is 5.05. The van der Waals surface area contributed by atoms with Gasteiger partial charge in [-0.05, 0) is 30.2 Å². The highest BCUT2D eigenvalue weighted by atomic mass is 16.4. The Morgan fingerprint density at radius 3 is 3.10 bits per heavy atom. The van der Waals surface area contributed by atoms with Crippen LogP contribution in [0.5, 0.6) is 0 Å². The minimum absolute atomic E-state index is 0.112. The summed E-state index contributed by atoms with van der Waals surface area (Å²) in [4.78, 5) is 26.3. The maximum absolute atomic E-state index is 10.9. The molecule has 10 nitrogen and oxygen atoms in total. The summed E-state index contributed by atoms with van der Waals surface area (Å²) in [6, 6.07) is 9.91. The Kier molecular flexibility index (Phi) is 4.15. The van der Waals surface area contributed by atoms with Crippen molar-refractivity contribution in [3.8, 4) is 0 Å². The van der Waals surface area contributed by atoms with E-state index in [0.29, 0.717) is 36.7 Å². The Labute approximate surface area is 165 Å². The first kappa shape index (κ1) is 17.3. The van der Waals surface area contributed by atoms with Crippen LogP contribution in [-0.4, -0.2) is 60.3 Å². The van der Waals surface area contributed by atoms with E-state index in [-0.39, 0.29) is 6.04 Å². The number of anilines is 1. The lowest BCUT2D eigenvalue weighted by Crippen LogP contribution is -2.36. The largest absolute Gasteiger partial charge is 0.465 e. The molecule has 1 aliphatic rings. The normalized spacial score (nSPS) is 16.6. The van der Waals surface area contributed by atoms with Gasteiger partial charge in [-0.15, -0.1) is 5.10 Å². The maximum atomic E-state index is 10.9. The lowest BCUT2D eigenvalue weighted by atomic mass is 10.1. The summed E-state index contributed by atoms with van der Waals surface area (Å²) in [6.45, 7) is 1.79. The molecule has 1 saturated heterocycles. The number of carboxylic acid groups (broad SMARTS) is 1. The third-order valence-electron chi connectivity index (χ3n) is 5.05. The number of hydrogen-bond donors (Lipinski definition) is 2. The molecule has 1 atom stereocenters. The monoisotopic (exact) mass is 390 g/mol. The summed E-state index contributed by atoms with van der Waals surface area (Å²) in [5.74, 6) is 0.693. The van der Waals surface area contributed by atoms with Crippen LogP contribution in [0.1, 0.15) is 12.0 Å². The molecule has 1 fully saturated rings. The van der Waals surface area contributed by atoms with E-state index in [9.17, 15) is 4.79 Å². The average molecular weight is 390 g/mol. The van der Waals surface area contributed by atoms with E-state index in [2.05, 4.69) is 31.7 Å². The number of nitrogens with zero attached hydrogens (tertiary/aromatic N) is 7. The van der Waals surface area contributed by atoms with Gasteiger partial charge in [-0.3, -0.25) is 4.98 Å². The number of aromatic nitrogens is 6. The smallest absolute Gasteiger partial charge is 0.404 e. The molecule has 0 bridgehead atoms. The van der Waals surface area contributed by atoms with E-state index >= 15 is 0 Å². The second-order valence-corrected chi connectivity index (χ2v) is 7.03. The van der Waals surface area contributed by atoms with Crippen LogP contribution >= 0.6 is 0 Å². The van der Waals surface area contributed by atoms with Crippen LogP contribution in [0.25, 0.3) is 22.2 Å². The molecule has 10 heteroatoms. The Hall–Kier alpha value is -3.82. The first-order valence-corrected chi connectivity index (χ1v) is 9.30. The van der Waals surface area contributed by atoms with Crippen LogP contribution in [-0.2, 0) is 6.54 Å². The van der Waals surface area contributed by atoms with Crippen molar-refractivity contribution in [1.82, 2.24) is 35.3 Å². The van der Waals surface area contributed by atoms with Gasteiger partial charge in [0, 0.05) is 24.7 Å². The summed E-state index contributed by atoms with van der Waals surface area (Å²) < 4.78 is 1.73. The molecule has 1 amide bonds. The van der Waals surface area contributed by atoms with E-state index in [1.165, 1.54) is 0 Å². The number of rotatable bonds is 4. The van der Waals surface area contributed by atoms with Crippen molar-refractivity contribution in [2.45, 2.75) is 19.0 Å². The fraction of sp³-hybridized carbons (Fsp3) is 0.263. The summed E-state index contributed by atoms with van der Waals surface area (Å²) in [7, 11) is 0. The molecule has 0 saturated carbocycles. The summed E-state index contributed by atoms with van der Waals surface area (Å²) in [6.07, 6.45) is 3.16. The topological polar surface area (TPSA) is 122 Å². The van der Waals surface area contributed by atoms with Gasteiger partial charge in [-0.1, -0.05) is 17.3 Å². The van der Waals surface area contributed by atoms with E-state index in [1.54, 1.807) is 17.1 Å². The van der Waals surface area contributed by atoms with Crippen LogP contribution in [0.3, 0.4) is 0 Å². The average Bonchev–Trinajstić information content (AvgIpc) is 3.34. The second-order valence-electron chi connectivity index (χ2n) is 7.03. The first-order chi connectivity index (χ1) is 14.2. The molecule has 1 aliphatic heterocycles. The number of carbonyl (C=O) groups is 1. The quantitative estimate of drug-likeness (QED) is 0.540. The second kappa shape index (κ2) is 6.97. The Morgan fingerprint density at radius 2 is 2.21 bits per heavy atom. The van der Waals surface area contributed by atoms with Crippen molar-refractivity contribution in [3.05, 3.63) is 48.3 Å². The van der Waals surface area contributed by atoms with E-state index in [1.807, 2.05) is 29.2 Å². The lowest BCUT2D eigenvalue weighted by Gasteiger charge is -2.17. The van der Waals surface area contributed by atoms with Crippen LogP contribution in [0.4, 0.5) is 10.6 Å². The lowest BCUT2D eigenvalue weighted by molar-refractivity contribution is 0.191. The molecule has 0 radical (unpaired) electrons. The van der Waals surface area contributed by atoms with Crippen molar-refractivity contribution in [2.24, 2.45) is 0 Å². The van der Waals surface area contributed by atoms with Gasteiger partial charge in [0.1, 0.15) is 5.82 Å². The van der Waals surface area contributed by atoms with Crippen LogP contribution < -0.4 is 10.2 Å². The standard InChI is InChI=1S/C19H18N8O2/c28-19(29)22-14-5-7-26(11-14)16-9-21-17-18(23-16)27(25-24-17)10-12-3-4-15-13(8-12)2-1-6-20-15/h1-4,6,8-9,14,22H,5,7,10-11H2,(H,28,29)/t14-/m1/s1. The zero-order chi connectivity index (χ0) is 19.8. The van der Waals surface area contributed by atoms with Gasteiger partial charge in [-0.2, -0.15) is 0 Å². The molecule has 4 heterocycles. The van der Waals surface area contributed by atoms with Crippen molar-refractivity contribution in [1.29, 1.82) is 0 Å². The Balaban J connectivity index is 1.41. The zero-order valence-corrected chi connectivity index (χ0v) is 15.4. The van der Waals surface area contributed by atoms with Gasteiger partial charge in [0.2, 0.25) is 5.65 Å². The summed E-state index contributed by atoms with van der Waals surface area (Å²) >= 11 is 0. The number of hydrogen-bond acceptors (Lipinski definition) is 7. The number of fused-ring (bicyclic) bond motifs is 2. The van der Waals surface area contributed by atoms with Gasteiger partial charge in [0.15, 0.2) is 5.65 Å². The number of pyridine rings is 1. The molecule has 3 aromatic heterocycles. The molecule has 146 valence electrons. The first-order valence-electron chi connectivity index (χ1n) is 9.30. The molecule has 29 heavy (non-hydrogen) atoms. The fourth-order valence-corrected chi connectivity index (χ4v) is 3.66. The molecular formula is C19H18N8O2. The van der Waals surface area contributed by atoms with Crippen molar-refractivity contribution in [2.75, 3.05) is 18.0 Å². The predicted octanol–water partition coefficient (Wildman–Crippen LogP) is 1.66. The summed E-state index contributed by atoms with van der Waals surface area (Å²) in [5, 5.41) is 20.8. The highest BCUT2D eigenvalue weighted by molar-refractivity contribution is 5.79. The molecule has 0 spiro atoms. The number of benzene rings is 1. The Morgan fingerprint density at radius 1 is 1.28 bits per heavy atom. The molecule has 0 aliphatic carbocycles. The maximum Gasteiger partial charge on any atom is 0.404 e. The molecule has 4 aromatic rings. The zero-order valence-electron chi connectivity index (χ0n) is 15.4. The fourth-order valence-electron chi connectivity index (χ4n) is 3.66. The van der Waals surface area contributed by atoms with Gasteiger partial charge >= 0.3 is 6.09 Å². The third kappa shape index (κ3) is 3.40. The van der Waals surface area contributed by atoms with E-state index < -0.39 is 6.09 Å². The van der Waals surface area contributed by atoms with Gasteiger partial charge < -0.3 is 15.3 Å². The Bertz CT molecular complexity index is 1210. The predicted molar refractivity (Wildman–Crippen MR) is 106 cm³/mol. The van der Waals surface area contributed by atoms with Crippen molar-refractivity contribution < 1.29 is 9.90 Å². The highest BCUT2D eigenvalue weighted by Gasteiger charge is 2.25. The molecule has 0 unspecified atom stereocenters. The van der Waals surface area contributed by atoms with Crippen LogP contribution in [0.2, 0.25) is 0 Å². The molecule has 5 rings (SSSR count). The van der Waals surface area contributed by atoms with Gasteiger partial charge in [-0.25, -0.2) is 19.4 Å².